The summed E-state index contributed by atoms with van der Waals surface area (Å²) in [6.45, 7) is 1.96. The van der Waals surface area contributed by atoms with Gasteiger partial charge in [-0.25, -0.2) is 0 Å². The first-order chi connectivity index (χ1) is 15.6. The molecule has 2 heterocycles. The van der Waals surface area contributed by atoms with Crippen molar-refractivity contribution in [3.8, 4) is 22.9 Å². The van der Waals surface area contributed by atoms with Gasteiger partial charge in [-0.05, 0) is 49.7 Å². The number of rotatable bonds is 7. The largest absolute Gasteiger partial charge is 0.493 e. The van der Waals surface area contributed by atoms with E-state index < -0.39 is 0 Å². The van der Waals surface area contributed by atoms with Crippen LogP contribution in [0.15, 0.2) is 47.0 Å². The quantitative estimate of drug-likeness (QED) is 0.568. The lowest BCUT2D eigenvalue weighted by Gasteiger charge is -2.30. The topological polar surface area (TPSA) is 89.7 Å². The first-order valence-electron chi connectivity index (χ1n) is 10.4. The molecule has 1 saturated heterocycles. The summed E-state index contributed by atoms with van der Waals surface area (Å²) >= 11 is 6.16. The van der Waals surface area contributed by atoms with Gasteiger partial charge in [-0.15, -0.1) is 0 Å². The van der Waals surface area contributed by atoms with E-state index in [0.717, 1.165) is 24.9 Å². The highest BCUT2D eigenvalue weighted by atomic mass is 35.5. The standard InChI is InChI=1S/C23H25ClN4O4/c1-30-19-10-9-15(12-20(19)31-2)22-26-21(32-27-22)14-28-11-5-6-16(13-28)23(29)25-18-8-4-3-7-17(18)24/h3-4,7-10,12,16H,5-6,11,13-14H2,1-2H3,(H,25,29)/t16-/m1/s1. The lowest BCUT2D eigenvalue weighted by atomic mass is 9.97. The Morgan fingerprint density at radius 3 is 2.81 bits per heavy atom. The van der Waals surface area contributed by atoms with Crippen LogP contribution in [-0.4, -0.2) is 48.3 Å². The maximum Gasteiger partial charge on any atom is 0.241 e. The fraction of sp³-hybridized carbons (Fsp3) is 0.348. The molecule has 1 aliphatic heterocycles. The zero-order valence-corrected chi connectivity index (χ0v) is 18.8. The molecule has 4 rings (SSSR count). The third-order valence-electron chi connectivity index (χ3n) is 5.48. The Balaban J connectivity index is 1.39. The Labute approximate surface area is 191 Å². The number of aromatic nitrogens is 2. The maximum absolute atomic E-state index is 12.7. The fourth-order valence-corrected chi connectivity index (χ4v) is 4.00. The van der Waals surface area contributed by atoms with Gasteiger partial charge in [0.25, 0.3) is 0 Å². The van der Waals surface area contributed by atoms with Gasteiger partial charge >= 0.3 is 0 Å². The van der Waals surface area contributed by atoms with Crippen LogP contribution in [0.1, 0.15) is 18.7 Å². The Kier molecular flexibility index (Phi) is 6.92. The summed E-state index contributed by atoms with van der Waals surface area (Å²) in [5.74, 6) is 2.05. The van der Waals surface area contributed by atoms with Crippen molar-refractivity contribution in [3.05, 3.63) is 53.4 Å². The van der Waals surface area contributed by atoms with Gasteiger partial charge in [0.15, 0.2) is 11.5 Å². The van der Waals surface area contributed by atoms with Crippen molar-refractivity contribution in [2.24, 2.45) is 5.92 Å². The molecule has 0 radical (unpaired) electrons. The number of piperidine rings is 1. The number of halogens is 1. The van der Waals surface area contributed by atoms with Crippen molar-refractivity contribution < 1.29 is 18.8 Å². The van der Waals surface area contributed by atoms with Gasteiger partial charge in [-0.1, -0.05) is 28.9 Å². The molecule has 3 aromatic rings. The van der Waals surface area contributed by atoms with Crippen LogP contribution in [-0.2, 0) is 11.3 Å². The fourth-order valence-electron chi connectivity index (χ4n) is 3.81. The van der Waals surface area contributed by atoms with Crippen LogP contribution in [0.3, 0.4) is 0 Å². The minimum atomic E-state index is -0.131. The van der Waals surface area contributed by atoms with Crippen molar-refractivity contribution in [3.63, 3.8) is 0 Å². The van der Waals surface area contributed by atoms with E-state index in [1.807, 2.05) is 24.3 Å². The number of carbonyl (C=O) groups is 1. The molecule has 1 aliphatic rings. The zero-order valence-electron chi connectivity index (χ0n) is 18.0. The van der Waals surface area contributed by atoms with Crippen LogP contribution in [0, 0.1) is 5.92 Å². The van der Waals surface area contributed by atoms with Crippen molar-refractivity contribution >= 4 is 23.2 Å². The van der Waals surface area contributed by atoms with Gasteiger partial charge in [-0.3, -0.25) is 9.69 Å². The van der Waals surface area contributed by atoms with Crippen LogP contribution >= 0.6 is 11.6 Å². The Bertz CT molecular complexity index is 1090. The van der Waals surface area contributed by atoms with E-state index in [1.54, 1.807) is 32.4 Å². The second-order valence-corrected chi connectivity index (χ2v) is 8.03. The van der Waals surface area contributed by atoms with E-state index >= 15 is 0 Å². The minimum absolute atomic E-state index is 0.0284. The molecule has 2 aromatic carbocycles. The number of nitrogens with zero attached hydrogens (tertiary/aromatic N) is 3. The zero-order chi connectivity index (χ0) is 22.5. The highest BCUT2D eigenvalue weighted by Gasteiger charge is 2.27. The molecule has 0 unspecified atom stereocenters. The molecule has 0 bridgehead atoms. The molecule has 1 N–H and O–H groups in total. The van der Waals surface area contributed by atoms with Crippen molar-refractivity contribution in [1.29, 1.82) is 0 Å². The molecule has 1 aromatic heterocycles. The Hall–Kier alpha value is -3.10. The summed E-state index contributed by atoms with van der Waals surface area (Å²) < 4.78 is 16.1. The van der Waals surface area contributed by atoms with Crippen LogP contribution in [0.5, 0.6) is 11.5 Å². The summed E-state index contributed by atoms with van der Waals surface area (Å²) in [5, 5.41) is 7.57. The third-order valence-corrected chi connectivity index (χ3v) is 5.81. The molecule has 168 valence electrons. The second kappa shape index (κ2) is 10.0. The Morgan fingerprint density at radius 1 is 1.22 bits per heavy atom. The maximum atomic E-state index is 12.7. The van der Waals surface area contributed by atoms with Crippen LogP contribution in [0.4, 0.5) is 5.69 Å². The number of methoxy groups -OCH3 is 2. The molecular weight excluding hydrogens is 432 g/mol. The van der Waals surface area contributed by atoms with E-state index in [0.29, 0.717) is 47.0 Å². The van der Waals surface area contributed by atoms with Gasteiger partial charge in [0.1, 0.15) is 0 Å². The van der Waals surface area contributed by atoms with E-state index in [4.69, 9.17) is 25.6 Å². The molecule has 0 spiro atoms. The number of anilines is 1. The number of para-hydroxylation sites is 1. The van der Waals surface area contributed by atoms with Crippen LogP contribution in [0.2, 0.25) is 5.02 Å². The number of hydrogen-bond acceptors (Lipinski definition) is 7. The van der Waals surface area contributed by atoms with Crippen molar-refractivity contribution in [1.82, 2.24) is 15.0 Å². The lowest BCUT2D eigenvalue weighted by molar-refractivity contribution is -0.121. The molecule has 9 heteroatoms. The number of benzene rings is 2. The van der Waals surface area contributed by atoms with E-state index in [2.05, 4.69) is 20.4 Å². The van der Waals surface area contributed by atoms with Crippen molar-refractivity contribution in [2.45, 2.75) is 19.4 Å². The summed E-state index contributed by atoms with van der Waals surface area (Å²) in [6, 6.07) is 12.7. The van der Waals surface area contributed by atoms with Gasteiger partial charge in [-0.2, -0.15) is 4.98 Å². The van der Waals surface area contributed by atoms with Crippen LogP contribution < -0.4 is 14.8 Å². The number of ether oxygens (including phenoxy) is 2. The monoisotopic (exact) mass is 456 g/mol. The van der Waals surface area contributed by atoms with E-state index in [-0.39, 0.29) is 11.8 Å². The second-order valence-electron chi connectivity index (χ2n) is 7.62. The molecule has 0 aliphatic carbocycles. The molecule has 1 amide bonds. The average Bonchev–Trinajstić information content (AvgIpc) is 3.28. The number of amides is 1. The van der Waals surface area contributed by atoms with Gasteiger partial charge in [0, 0.05) is 12.1 Å². The SMILES string of the molecule is COc1ccc(-c2noc(CN3CCC[C@@H](C(=O)Nc4ccccc4Cl)C3)n2)cc1OC. The summed E-state index contributed by atoms with van der Waals surface area (Å²) in [6.07, 6.45) is 1.74. The lowest BCUT2D eigenvalue weighted by Crippen LogP contribution is -2.40. The first kappa shape index (κ1) is 22.1. The number of likely N-dealkylation sites (tertiary alicyclic amines) is 1. The molecule has 0 saturated carbocycles. The van der Waals surface area contributed by atoms with Gasteiger partial charge in [0.05, 0.1) is 37.4 Å². The minimum Gasteiger partial charge on any atom is -0.493 e. The number of nitrogens with one attached hydrogen (secondary N) is 1. The van der Waals surface area contributed by atoms with Gasteiger partial charge in [0.2, 0.25) is 17.6 Å². The van der Waals surface area contributed by atoms with Crippen molar-refractivity contribution in [2.75, 3.05) is 32.6 Å². The van der Waals surface area contributed by atoms with E-state index in [1.165, 1.54) is 0 Å². The Morgan fingerprint density at radius 2 is 2.03 bits per heavy atom. The highest BCUT2D eigenvalue weighted by Crippen LogP contribution is 2.31. The number of carbonyl (C=O) groups excluding carboxylic acids is 1. The first-order valence-corrected chi connectivity index (χ1v) is 10.8. The predicted molar refractivity (Wildman–Crippen MR) is 121 cm³/mol. The molecule has 1 fully saturated rings. The molecule has 32 heavy (non-hydrogen) atoms. The van der Waals surface area contributed by atoms with Crippen LogP contribution in [0.25, 0.3) is 11.4 Å². The highest BCUT2D eigenvalue weighted by molar-refractivity contribution is 6.33. The summed E-state index contributed by atoms with van der Waals surface area (Å²) in [4.78, 5) is 19.4. The molecule has 1 atom stereocenters. The third kappa shape index (κ3) is 5.03. The normalized spacial score (nSPS) is 16.5. The number of hydrogen-bond donors (Lipinski definition) is 1. The summed E-state index contributed by atoms with van der Waals surface area (Å²) in [5.41, 5.74) is 1.40. The average molecular weight is 457 g/mol. The molecular formula is C23H25ClN4O4. The predicted octanol–water partition coefficient (Wildman–Crippen LogP) is 4.26. The van der Waals surface area contributed by atoms with E-state index in [9.17, 15) is 4.79 Å². The smallest absolute Gasteiger partial charge is 0.241 e. The van der Waals surface area contributed by atoms with Gasteiger partial charge < -0.3 is 19.3 Å². The molecule has 8 nitrogen and oxygen atoms in total. The summed E-state index contributed by atoms with van der Waals surface area (Å²) in [7, 11) is 3.17.